The average Bonchev–Trinajstić information content (AvgIpc) is 3.68. The fourth-order valence-corrected chi connectivity index (χ4v) is 4.65. The molecule has 3 nitrogen and oxygen atoms in total. The van der Waals surface area contributed by atoms with Gasteiger partial charge in [-0.05, 0) is 93.1 Å². The maximum Gasteiger partial charge on any atom is 0.190 e. The fraction of sp³-hybridized carbons (Fsp3) is 0.500. The number of fused-ring (bicyclic) bond motifs is 1. The summed E-state index contributed by atoms with van der Waals surface area (Å²) in [5.41, 5.74) is 3.24. The Morgan fingerprint density at radius 2 is 2.07 bits per heavy atom. The van der Waals surface area contributed by atoms with Gasteiger partial charge in [0.05, 0.1) is 14.0 Å². The highest BCUT2D eigenvalue weighted by atomic mass is 19.1. The van der Waals surface area contributed by atoms with Crippen molar-refractivity contribution < 1.29 is 129 Å². The van der Waals surface area contributed by atoms with E-state index in [0.29, 0.717) is 28.7 Å². The molecule has 0 N–H and O–H groups in total. The second-order valence-corrected chi connectivity index (χ2v) is 8.72. The topological polar surface area (TPSA) is 16.8 Å². The minimum atomic E-state index is -0.969. The molecule has 3 rings (SSSR count). The molecule has 0 aliphatic carbocycles. The molecule has 1 aliphatic rings. The largest absolute Gasteiger partial charge is 0.358 e. The van der Waals surface area contributed by atoms with Crippen LogP contribution < -0.4 is 0 Å². The smallest absolute Gasteiger partial charge is 0.190 e. The van der Waals surface area contributed by atoms with Crippen LogP contribution in [0.15, 0.2) is 24.2 Å². The monoisotopic (exact) mass is 573 g/mol. The van der Waals surface area contributed by atoms with Crippen LogP contribution in [0.3, 0.4) is 0 Å². The van der Waals surface area contributed by atoms with Crippen LogP contribution in [0.1, 0.15) is 187 Å². The predicted octanol–water partition coefficient (Wildman–Crippen LogP) is 22.9. The van der Waals surface area contributed by atoms with E-state index >= 15 is 0 Å². The van der Waals surface area contributed by atoms with Crippen molar-refractivity contribution in [1.29, 1.82) is 0 Å². The van der Waals surface area contributed by atoms with E-state index in [9.17, 15) is 4.39 Å². The van der Waals surface area contributed by atoms with Crippen molar-refractivity contribution in [2.45, 2.75) is 59.7 Å². The van der Waals surface area contributed by atoms with Crippen LogP contribution in [0.2, 0.25) is 0 Å². The van der Waals surface area contributed by atoms with Gasteiger partial charge in [0.25, 0.3) is 0 Å². The Kier molecular flexibility index (Phi) is 2.58. The number of hydrogen-bond acceptors (Lipinski definition) is 2. The van der Waals surface area contributed by atoms with Gasteiger partial charge in [-0.2, -0.15) is 0 Å². The molecule has 2 aromatic carbocycles. The first-order chi connectivity index (χ1) is 30.0. The molecule has 0 spiro atoms. The molecule has 4 heteroatoms. The third kappa shape index (κ3) is 3.77. The van der Waals surface area contributed by atoms with Gasteiger partial charge in [0.15, 0.2) is 5.69 Å². The third-order valence-electron chi connectivity index (χ3n) is 6.45. The Balaban J connectivity index is -0.00000000439. The molecule has 0 amide bonds. The molecule has 2 unspecified atom stereocenters. The second kappa shape index (κ2) is 8.49. The summed E-state index contributed by atoms with van der Waals surface area (Å²) in [6, 6.07) is 3.65. The zero-order valence-electron chi connectivity index (χ0n) is 51.1. The number of rotatable bonds is 6. The third-order valence-corrected chi connectivity index (χ3v) is 6.45. The van der Waals surface area contributed by atoms with Gasteiger partial charge in [0, 0.05) is 125 Å². The summed E-state index contributed by atoms with van der Waals surface area (Å²) < 4.78 is 189. The van der Waals surface area contributed by atoms with Gasteiger partial charge in [0.2, 0.25) is 0 Å². The number of ether oxygens (including phenoxy) is 1. The Morgan fingerprint density at radius 3 is 2.70 bits per heavy atom. The van der Waals surface area contributed by atoms with Crippen LogP contribution in [0, 0.1) is 39.1 Å². The first-order valence-electron chi connectivity index (χ1n) is 26.6. The molecule has 292 valence electrons. The Bertz CT molecular complexity index is 1180. The molecule has 0 aromatic heterocycles. The number of halogens is 1. The van der Waals surface area contributed by atoms with Crippen molar-refractivity contribution in [2.75, 3.05) is 20.1 Å². The van der Waals surface area contributed by atoms with E-state index in [-0.39, 0.29) is 102 Å². The molecular weight excluding hydrogens is 375 g/mol. The van der Waals surface area contributed by atoms with Gasteiger partial charge in [-0.25, -0.2) is 9.24 Å². The lowest BCUT2D eigenvalue weighted by Gasteiger charge is -2.36. The molecule has 0 radical (unpaired) electrons. The lowest BCUT2D eigenvalue weighted by atomic mass is 9.76. The molecular formula is C26H165FN2O. The van der Waals surface area contributed by atoms with Gasteiger partial charge >= 0.3 is 0 Å². The zero-order chi connectivity index (χ0) is 54.0. The summed E-state index contributed by atoms with van der Waals surface area (Å²) in [7, 11) is 2.08. The maximum atomic E-state index is 14.4. The van der Waals surface area contributed by atoms with E-state index in [2.05, 4.69) is 30.6 Å². The minimum absolute atomic E-state index is 0. The molecule has 0 saturated carbocycles. The molecule has 1 aliphatic heterocycles. The molecule has 0 bridgehead atoms. The van der Waals surface area contributed by atoms with Crippen LogP contribution >= 0.6 is 0 Å². The van der Waals surface area contributed by atoms with Crippen molar-refractivity contribution in [1.82, 2.24) is 4.90 Å². The standard InChI is InChI=1S/C26H33FN2O.66H2/c1-9-29(8)15-16(2)14-26(22-10-11-24(27)19(5)18(22)4)23-12-17(3)25(28-7)13-21(23)20(6)30-26;;;;;;;;;;;;;;;;;;;;;;;;;;;;;;;;;;;;;;;;;;;;;;;;;;;;;;;;;;;;;;;;;;/h10-13,16,20H,9,14-15H2,1-6,8H3;66*1H/t16?,20?,26-;;;;;;;;;;;;;;;;;;;;;;;;;;;;;;;;;;;;;;;;;;;;;;;;;;;;;;;;;;;;;;;;;;/m0................................................................../s1/i12D,13D;15*1+1D;;;;;;;;;;;;;;;;;;;;;;;;;;;;;;;;;;;;;;;;;;;;;;;;;;;. The first kappa shape index (κ1) is 9.10. The van der Waals surface area contributed by atoms with E-state index in [1.165, 1.54) is 6.07 Å². The molecule has 30 heavy (non-hydrogen) atoms. The number of hydrogen-bond donors (Lipinski definition) is 0. The Labute approximate surface area is 305 Å². The molecule has 3 atom stereocenters. The molecule has 2 aromatic rings. The van der Waals surface area contributed by atoms with Crippen molar-refractivity contribution in [3.05, 3.63) is 74.8 Å². The molecule has 0 fully saturated rings. The number of nitrogens with zero attached hydrogens (tertiary/aromatic N) is 2. The van der Waals surface area contributed by atoms with E-state index < -0.39 is 11.7 Å². The van der Waals surface area contributed by atoms with Gasteiger partial charge in [-0.15, -0.1) is 0 Å². The second-order valence-electron chi connectivity index (χ2n) is 8.72. The maximum absolute atomic E-state index is 14.4. The van der Waals surface area contributed by atoms with E-state index in [4.69, 9.17) is 58.6 Å². The Morgan fingerprint density at radius 1 is 1.37 bits per heavy atom. The molecule has 1 heterocycles. The lowest BCUT2D eigenvalue weighted by molar-refractivity contribution is -0.0562. The zero-order valence-corrected chi connectivity index (χ0v) is 19.1. The van der Waals surface area contributed by atoms with Gasteiger partial charge < -0.3 is 9.64 Å². The van der Waals surface area contributed by atoms with E-state index in [0.717, 1.165) is 24.2 Å². The van der Waals surface area contributed by atoms with Crippen LogP contribution in [0.4, 0.5) is 10.1 Å². The normalized spacial score (nSPS) is 26.5. The van der Waals surface area contributed by atoms with Gasteiger partial charge in [-0.3, -0.25) is 0 Å². The van der Waals surface area contributed by atoms with Crippen LogP contribution in [-0.2, 0) is 10.3 Å². The predicted molar refractivity (Wildman–Crippen MR) is 260 cm³/mol. The highest BCUT2D eigenvalue weighted by molar-refractivity contribution is 5.61. The quantitative estimate of drug-likeness (QED) is 0.320. The summed E-state index contributed by atoms with van der Waals surface area (Å²) in [4.78, 5) is 5.79. The van der Waals surface area contributed by atoms with Gasteiger partial charge in [0.1, 0.15) is 11.4 Å². The summed E-state index contributed by atoms with van der Waals surface area (Å²) in [6.45, 7) is 20.9. The van der Waals surface area contributed by atoms with Gasteiger partial charge in [-0.1, -0.05) is 32.0 Å². The van der Waals surface area contributed by atoms with Crippen LogP contribution in [-0.4, -0.2) is 25.0 Å². The summed E-state index contributed by atoms with van der Waals surface area (Å²) in [5, 5.41) is 0. The fourth-order valence-electron chi connectivity index (χ4n) is 4.65. The van der Waals surface area contributed by atoms with E-state index in [1.54, 1.807) is 19.9 Å². The van der Waals surface area contributed by atoms with E-state index in [1.807, 2.05) is 13.8 Å². The SMILES string of the molecule is [2H][2H].[2H][2H].[2H][2H].[2H][2H].[2H][2H].[2H][2H].[2H][2H].[2H][2H].[2H][2H].[2H][2H].[2H][2H].[2H][2H].[2H][2H].[2H][2H].[2H][2H].[2H]c1c([N+]#[C-])c(C)c([2H])c2c1C(C)O[C@@]2(CC(C)CN(C)CC)c1ccc(F)c(C)c1C.[HH].[HH].[HH].[HH].[HH].[HH].[HH].[HH].[HH].[HH].[HH].[HH].[HH].[HH].[HH].[HH].[HH].[HH].[HH].[HH].[HH].[HH].[HH].[HH].[HH].[HH].[HH].[HH].[HH].[HH].[HH].[HH].[HH].[HH].[HH].[HH].[HH].[HH].[HH].[HH].[HH].[HH].[HH].[HH].[HH].[HH].[HH].[HH].[HH].[HH].[HH]. The highest BCUT2D eigenvalue weighted by Crippen LogP contribution is 2.53. The van der Waals surface area contributed by atoms with Crippen molar-refractivity contribution in [2.24, 2.45) is 5.92 Å². The first-order valence-corrected chi connectivity index (χ1v) is 10.6. The van der Waals surface area contributed by atoms with Crippen molar-refractivity contribution in [3.8, 4) is 0 Å². The van der Waals surface area contributed by atoms with Crippen LogP contribution in [0.5, 0.6) is 0 Å². The summed E-state index contributed by atoms with van der Waals surface area (Å²) in [5.74, 6) is -0.0458. The lowest BCUT2D eigenvalue weighted by Crippen LogP contribution is -2.34. The van der Waals surface area contributed by atoms with Crippen molar-refractivity contribution >= 4 is 5.69 Å². The summed E-state index contributed by atoms with van der Waals surface area (Å²) in [6.07, 6.45) is 0.159. The molecule has 0 saturated heterocycles. The Hall–Kier alpha value is -2.22. The van der Waals surface area contributed by atoms with Crippen molar-refractivity contribution in [3.63, 3.8) is 0 Å². The highest BCUT2D eigenvalue weighted by Gasteiger charge is 2.47. The number of benzene rings is 2. The summed E-state index contributed by atoms with van der Waals surface area (Å²) >= 11 is 0. The van der Waals surface area contributed by atoms with Crippen LogP contribution in [0.25, 0.3) is 4.85 Å². The average molecular weight is 574 g/mol. The minimum Gasteiger partial charge on any atom is -0.358 e.